The summed E-state index contributed by atoms with van der Waals surface area (Å²) in [6.45, 7) is 0. The molecule has 0 fully saturated rings. The van der Waals surface area contributed by atoms with Gasteiger partial charge < -0.3 is 0 Å². The molecule has 0 unspecified atom stereocenters. The molecule has 3 aromatic rings. The summed E-state index contributed by atoms with van der Waals surface area (Å²) in [5, 5.41) is 4.13. The second kappa shape index (κ2) is 6.39. The van der Waals surface area contributed by atoms with E-state index in [0.717, 1.165) is 17.0 Å². The van der Waals surface area contributed by atoms with Crippen molar-refractivity contribution in [1.29, 1.82) is 0 Å². The van der Waals surface area contributed by atoms with Gasteiger partial charge in [-0.3, -0.25) is 15.6 Å². The number of carbonyl (C=O) groups is 1. The molecule has 3 rings (SSSR count). The molecule has 0 radical (unpaired) electrons. The van der Waals surface area contributed by atoms with Gasteiger partial charge in [-0.2, -0.15) is 0 Å². The normalized spacial score (nSPS) is 10.6. The molecule has 0 aliphatic heterocycles. The molecule has 0 saturated carbocycles. The number of thiophene rings is 1. The van der Waals surface area contributed by atoms with Crippen LogP contribution in [0.25, 0.3) is 9.88 Å². The zero-order valence-electron chi connectivity index (χ0n) is 11.3. The average Bonchev–Trinajstić information content (AvgIpc) is 3.22. The van der Waals surface area contributed by atoms with Crippen LogP contribution in [-0.4, -0.2) is 10.9 Å². The molecule has 0 aliphatic carbocycles. The van der Waals surface area contributed by atoms with Crippen molar-refractivity contribution in [3.05, 3.63) is 58.2 Å². The van der Waals surface area contributed by atoms with E-state index in [2.05, 4.69) is 15.8 Å². The van der Waals surface area contributed by atoms with Crippen LogP contribution >= 0.6 is 22.7 Å². The fraction of sp³-hybridized carbons (Fsp3) is 0. The summed E-state index contributed by atoms with van der Waals surface area (Å²) in [5.41, 5.74) is 4.15. The lowest BCUT2D eigenvalue weighted by Gasteiger charge is -2.08. The van der Waals surface area contributed by atoms with Crippen molar-refractivity contribution in [2.24, 2.45) is 0 Å². The number of carbonyl (C=O) groups excluding carboxylic acids is 1. The molecule has 9 heteroatoms. The van der Waals surface area contributed by atoms with E-state index in [-0.39, 0.29) is 11.4 Å². The molecule has 1 aromatic carbocycles. The summed E-state index contributed by atoms with van der Waals surface area (Å²) in [5.74, 6) is -4.95. The Morgan fingerprint density at radius 3 is 2.65 bits per heavy atom. The highest BCUT2D eigenvalue weighted by Crippen LogP contribution is 2.27. The SMILES string of the molecule is O=C(NNc1ccc(F)c(F)c1F)c1csc(-c2cccs2)n1. The Kier molecular flexibility index (Phi) is 4.30. The molecular formula is C14H8F3N3OS2. The fourth-order valence-electron chi connectivity index (χ4n) is 1.70. The van der Waals surface area contributed by atoms with Gasteiger partial charge in [0.05, 0.1) is 10.6 Å². The molecule has 23 heavy (non-hydrogen) atoms. The smallest absolute Gasteiger partial charge is 0.289 e. The molecule has 0 aliphatic rings. The molecular weight excluding hydrogens is 347 g/mol. The maximum Gasteiger partial charge on any atom is 0.289 e. The second-order valence-corrected chi connectivity index (χ2v) is 6.12. The fourth-order valence-corrected chi connectivity index (χ4v) is 3.32. The van der Waals surface area contributed by atoms with E-state index in [1.807, 2.05) is 17.5 Å². The van der Waals surface area contributed by atoms with Crippen LogP contribution in [0.15, 0.2) is 35.0 Å². The number of hydrogen-bond donors (Lipinski definition) is 2. The molecule has 0 spiro atoms. The third kappa shape index (κ3) is 3.20. The Balaban J connectivity index is 1.70. The summed E-state index contributed by atoms with van der Waals surface area (Å²) < 4.78 is 39.4. The number of nitrogens with one attached hydrogen (secondary N) is 2. The van der Waals surface area contributed by atoms with Crippen molar-refractivity contribution in [2.45, 2.75) is 0 Å². The van der Waals surface area contributed by atoms with Crippen molar-refractivity contribution >= 4 is 34.3 Å². The maximum absolute atomic E-state index is 13.5. The first kappa shape index (κ1) is 15.5. The van der Waals surface area contributed by atoms with Crippen LogP contribution in [0.3, 0.4) is 0 Å². The Bertz CT molecular complexity index is 849. The third-order valence-corrected chi connectivity index (χ3v) is 4.70. The number of nitrogens with zero attached hydrogens (tertiary/aromatic N) is 1. The van der Waals surface area contributed by atoms with Crippen LogP contribution in [-0.2, 0) is 0 Å². The van der Waals surface area contributed by atoms with Gasteiger partial charge in [0.15, 0.2) is 17.5 Å². The Hall–Kier alpha value is -2.39. The van der Waals surface area contributed by atoms with Gasteiger partial charge in [0, 0.05) is 5.38 Å². The number of benzene rings is 1. The van der Waals surface area contributed by atoms with Gasteiger partial charge in [-0.1, -0.05) is 6.07 Å². The molecule has 1 amide bonds. The van der Waals surface area contributed by atoms with Crippen LogP contribution in [0.2, 0.25) is 0 Å². The highest BCUT2D eigenvalue weighted by Gasteiger charge is 2.15. The van der Waals surface area contributed by atoms with Crippen molar-refractivity contribution in [3.8, 4) is 9.88 Å². The van der Waals surface area contributed by atoms with Gasteiger partial charge >= 0.3 is 0 Å². The molecule has 0 saturated heterocycles. The summed E-state index contributed by atoms with van der Waals surface area (Å²) in [4.78, 5) is 17.0. The van der Waals surface area contributed by atoms with E-state index in [1.165, 1.54) is 22.7 Å². The standard InChI is InChI=1S/C14H8F3N3OS2/c15-7-3-4-8(12(17)11(7)16)19-20-13(21)9-6-23-14(18-9)10-2-1-5-22-10/h1-6,19H,(H,20,21). The molecule has 4 nitrogen and oxygen atoms in total. The molecule has 0 atom stereocenters. The van der Waals surface area contributed by atoms with Gasteiger partial charge in [0.2, 0.25) is 0 Å². The lowest BCUT2D eigenvalue weighted by Crippen LogP contribution is -2.30. The minimum atomic E-state index is -1.61. The van der Waals surface area contributed by atoms with E-state index >= 15 is 0 Å². The van der Waals surface area contributed by atoms with Crippen LogP contribution in [0.4, 0.5) is 18.9 Å². The molecule has 2 aromatic heterocycles. The van der Waals surface area contributed by atoms with Gasteiger partial charge in [-0.15, -0.1) is 22.7 Å². The zero-order chi connectivity index (χ0) is 16.4. The number of amides is 1. The van der Waals surface area contributed by atoms with E-state index in [9.17, 15) is 18.0 Å². The Morgan fingerprint density at radius 2 is 1.91 bits per heavy atom. The van der Waals surface area contributed by atoms with Crippen LogP contribution in [0.5, 0.6) is 0 Å². The molecule has 118 valence electrons. The first-order valence-corrected chi connectivity index (χ1v) is 8.01. The Labute approximate surface area is 136 Å². The summed E-state index contributed by atoms with van der Waals surface area (Å²) in [7, 11) is 0. The van der Waals surface area contributed by atoms with Gasteiger partial charge in [0.1, 0.15) is 10.7 Å². The highest BCUT2D eigenvalue weighted by atomic mass is 32.1. The van der Waals surface area contributed by atoms with Gasteiger partial charge in [-0.05, 0) is 23.6 Å². The lowest BCUT2D eigenvalue weighted by molar-refractivity contribution is 0.0958. The summed E-state index contributed by atoms with van der Waals surface area (Å²) >= 11 is 2.78. The van der Waals surface area contributed by atoms with E-state index in [1.54, 1.807) is 5.38 Å². The van der Waals surface area contributed by atoms with Crippen molar-refractivity contribution in [2.75, 3.05) is 5.43 Å². The number of hydrogen-bond acceptors (Lipinski definition) is 5. The monoisotopic (exact) mass is 355 g/mol. The van der Waals surface area contributed by atoms with Crippen LogP contribution in [0.1, 0.15) is 10.5 Å². The van der Waals surface area contributed by atoms with Crippen molar-refractivity contribution < 1.29 is 18.0 Å². The van der Waals surface area contributed by atoms with Crippen molar-refractivity contribution in [3.63, 3.8) is 0 Å². The predicted octanol–water partition coefficient (Wildman–Crippen LogP) is 4.05. The van der Waals surface area contributed by atoms with Crippen molar-refractivity contribution in [1.82, 2.24) is 10.4 Å². The quantitative estimate of drug-likeness (QED) is 0.548. The molecule has 2 heterocycles. The highest BCUT2D eigenvalue weighted by molar-refractivity contribution is 7.20. The number of rotatable bonds is 4. The first-order chi connectivity index (χ1) is 11.1. The zero-order valence-corrected chi connectivity index (χ0v) is 12.9. The van der Waals surface area contributed by atoms with Gasteiger partial charge in [-0.25, -0.2) is 18.2 Å². The van der Waals surface area contributed by atoms with Crippen LogP contribution in [0, 0.1) is 17.5 Å². The predicted molar refractivity (Wildman–Crippen MR) is 82.8 cm³/mol. The van der Waals surface area contributed by atoms with E-state index in [4.69, 9.17) is 0 Å². The van der Waals surface area contributed by atoms with Gasteiger partial charge in [0.25, 0.3) is 5.91 Å². The van der Waals surface area contributed by atoms with Crippen LogP contribution < -0.4 is 10.9 Å². The maximum atomic E-state index is 13.5. The lowest BCUT2D eigenvalue weighted by atomic mass is 10.3. The number of thiazole rings is 1. The van der Waals surface area contributed by atoms with E-state index < -0.39 is 23.4 Å². The molecule has 0 bridgehead atoms. The summed E-state index contributed by atoms with van der Waals surface area (Å²) in [6, 6.07) is 5.48. The number of aromatic nitrogens is 1. The minimum Gasteiger partial charge on any atom is -0.295 e. The molecule has 2 N–H and O–H groups in total. The average molecular weight is 355 g/mol. The van der Waals surface area contributed by atoms with E-state index in [0.29, 0.717) is 5.01 Å². The summed E-state index contributed by atoms with van der Waals surface area (Å²) in [6.07, 6.45) is 0. The second-order valence-electron chi connectivity index (χ2n) is 4.32. The number of halogens is 3. The third-order valence-electron chi connectivity index (χ3n) is 2.81. The minimum absolute atomic E-state index is 0.133. The number of hydrazine groups is 1. The topological polar surface area (TPSA) is 54.0 Å². The largest absolute Gasteiger partial charge is 0.295 e. The first-order valence-electron chi connectivity index (χ1n) is 6.25. The number of anilines is 1. The Morgan fingerprint density at radius 1 is 1.09 bits per heavy atom.